The maximum atomic E-state index is 6.49. The summed E-state index contributed by atoms with van der Waals surface area (Å²) in [5.41, 5.74) is 17.5. The van der Waals surface area contributed by atoms with Gasteiger partial charge in [-0.15, -0.1) is 0 Å². The average Bonchev–Trinajstić information content (AvgIpc) is 3.75. The Morgan fingerprint density at radius 3 is 2.11 bits per heavy atom. The summed E-state index contributed by atoms with van der Waals surface area (Å²) < 4.78 is 6.49. The third-order valence-corrected chi connectivity index (χ3v) is 11.8. The molecule has 0 aliphatic heterocycles. The molecule has 0 saturated heterocycles. The smallest absolute Gasteiger partial charge is 0.143 e. The summed E-state index contributed by atoms with van der Waals surface area (Å²) in [7, 11) is 0. The highest BCUT2D eigenvalue weighted by atomic mass is 16.3. The lowest BCUT2D eigenvalue weighted by Crippen LogP contribution is -2.15. The Hall–Kier alpha value is -7.03. The van der Waals surface area contributed by atoms with Gasteiger partial charge in [-0.05, 0) is 104 Å². The molecule has 10 rings (SSSR count). The highest BCUT2D eigenvalue weighted by Crippen LogP contribution is 2.49. The minimum atomic E-state index is -0.127. The zero-order chi connectivity index (χ0) is 38.7. The molecule has 0 bridgehead atoms. The summed E-state index contributed by atoms with van der Waals surface area (Å²) >= 11 is 0. The molecule has 1 aliphatic rings. The lowest BCUT2D eigenvalue weighted by molar-refractivity contribution is 0.660. The van der Waals surface area contributed by atoms with Gasteiger partial charge in [-0.25, -0.2) is 0 Å². The van der Waals surface area contributed by atoms with Crippen LogP contribution in [0.15, 0.2) is 198 Å². The largest absolute Gasteiger partial charge is 0.455 e. The van der Waals surface area contributed by atoms with Gasteiger partial charge in [-0.2, -0.15) is 0 Å². The van der Waals surface area contributed by atoms with E-state index in [1.165, 1.54) is 27.8 Å². The van der Waals surface area contributed by atoms with Gasteiger partial charge in [0.05, 0.1) is 5.70 Å². The third kappa shape index (κ3) is 5.93. The van der Waals surface area contributed by atoms with Gasteiger partial charge in [0, 0.05) is 32.8 Å². The van der Waals surface area contributed by atoms with Crippen molar-refractivity contribution in [3.8, 4) is 33.4 Å². The lowest BCUT2D eigenvalue weighted by Gasteiger charge is -2.22. The second-order valence-electron chi connectivity index (χ2n) is 15.7. The average molecular weight is 732 g/mol. The third-order valence-electron chi connectivity index (χ3n) is 11.8. The van der Waals surface area contributed by atoms with E-state index in [4.69, 9.17) is 9.41 Å². The first-order valence-corrected chi connectivity index (χ1v) is 19.6. The summed E-state index contributed by atoms with van der Waals surface area (Å²) in [5.74, 6) is 0. The zero-order valence-electron chi connectivity index (χ0n) is 32.4. The van der Waals surface area contributed by atoms with Crippen molar-refractivity contribution >= 4 is 49.7 Å². The molecule has 0 amide bonds. The Morgan fingerprint density at radius 1 is 0.544 bits per heavy atom. The van der Waals surface area contributed by atoms with Crippen molar-refractivity contribution in [3.63, 3.8) is 0 Å². The highest BCUT2D eigenvalue weighted by Gasteiger charge is 2.35. The van der Waals surface area contributed by atoms with Crippen LogP contribution in [0.2, 0.25) is 0 Å². The van der Waals surface area contributed by atoms with E-state index in [0.717, 1.165) is 83.1 Å². The quantitative estimate of drug-likeness (QED) is 0.118. The summed E-state index contributed by atoms with van der Waals surface area (Å²) in [4.78, 5) is 5.40. The van der Waals surface area contributed by atoms with Crippen LogP contribution in [0.25, 0.3) is 77.4 Å². The molecule has 1 heterocycles. The Balaban J connectivity index is 1.05. The highest BCUT2D eigenvalue weighted by molar-refractivity contribution is 6.19. The maximum Gasteiger partial charge on any atom is 0.143 e. The molecule has 1 aliphatic carbocycles. The van der Waals surface area contributed by atoms with Gasteiger partial charge in [-0.1, -0.05) is 172 Å². The lowest BCUT2D eigenvalue weighted by atomic mass is 9.82. The van der Waals surface area contributed by atoms with E-state index in [1.807, 2.05) is 12.1 Å². The number of para-hydroxylation sites is 1. The van der Waals surface area contributed by atoms with Crippen molar-refractivity contribution in [2.24, 2.45) is 4.99 Å². The fraction of sp³-hybridized carbons (Fsp3) is 0.0727. The van der Waals surface area contributed by atoms with Gasteiger partial charge >= 0.3 is 0 Å². The van der Waals surface area contributed by atoms with Crippen LogP contribution >= 0.6 is 0 Å². The molecule has 57 heavy (non-hydrogen) atoms. The van der Waals surface area contributed by atoms with Crippen LogP contribution in [0, 0.1) is 0 Å². The maximum absolute atomic E-state index is 6.49. The van der Waals surface area contributed by atoms with E-state index in [2.05, 4.69) is 197 Å². The molecular formula is C55H41NO. The van der Waals surface area contributed by atoms with E-state index >= 15 is 0 Å². The Bertz CT molecular complexity index is 3100. The molecule has 0 fully saturated rings. The first-order chi connectivity index (χ1) is 27.8. The normalized spacial score (nSPS) is 13.6. The van der Waals surface area contributed by atoms with Gasteiger partial charge in [0.25, 0.3) is 0 Å². The van der Waals surface area contributed by atoms with Crippen LogP contribution in [0.4, 0.5) is 0 Å². The molecule has 9 aromatic rings. The van der Waals surface area contributed by atoms with Crippen molar-refractivity contribution in [1.29, 1.82) is 0 Å². The molecule has 0 saturated carbocycles. The van der Waals surface area contributed by atoms with Gasteiger partial charge in [0.1, 0.15) is 11.2 Å². The van der Waals surface area contributed by atoms with Crippen LogP contribution in [0.3, 0.4) is 0 Å². The first kappa shape index (κ1) is 34.5. The van der Waals surface area contributed by atoms with Crippen molar-refractivity contribution in [2.45, 2.75) is 26.2 Å². The minimum Gasteiger partial charge on any atom is -0.455 e. The van der Waals surface area contributed by atoms with E-state index in [0.29, 0.717) is 0 Å². The van der Waals surface area contributed by atoms with Crippen molar-refractivity contribution < 1.29 is 4.42 Å². The molecule has 0 N–H and O–H groups in total. The van der Waals surface area contributed by atoms with Gasteiger partial charge in [0.2, 0.25) is 0 Å². The van der Waals surface area contributed by atoms with Crippen LogP contribution in [-0.2, 0) is 5.41 Å². The Kier molecular flexibility index (Phi) is 8.23. The standard InChI is InChI=1S/C55H41NO/c1-35(41-17-12-18-42(33-41)38-14-6-5-7-15-38)32-51(43-29-30-46-45-19-8-10-22-49(45)55(3,4)50(46)34-43)56-36(2)37-24-26-39(27-25-37)44-21-13-16-40-28-31-48-47-20-9-11-23-52(47)57-54(48)53(40)44/h5-34H,1H2,2-4H3/b51-32-,56-36?. The fourth-order valence-corrected chi connectivity index (χ4v) is 8.75. The number of fused-ring (bicyclic) bond motifs is 8. The fourth-order valence-electron chi connectivity index (χ4n) is 8.75. The molecule has 8 aromatic carbocycles. The predicted octanol–water partition coefficient (Wildman–Crippen LogP) is 14.9. The minimum absolute atomic E-state index is 0.127. The number of benzene rings is 8. The van der Waals surface area contributed by atoms with Crippen LogP contribution < -0.4 is 0 Å². The molecule has 272 valence electrons. The zero-order valence-corrected chi connectivity index (χ0v) is 32.4. The second kappa shape index (κ2) is 13.6. The number of hydrogen-bond acceptors (Lipinski definition) is 2. The molecule has 1 aromatic heterocycles. The summed E-state index contributed by atoms with van der Waals surface area (Å²) in [6, 6.07) is 62.6. The Morgan fingerprint density at radius 2 is 1.25 bits per heavy atom. The van der Waals surface area contributed by atoms with Crippen molar-refractivity contribution in [1.82, 2.24) is 0 Å². The number of hydrogen-bond donors (Lipinski definition) is 0. The summed E-state index contributed by atoms with van der Waals surface area (Å²) in [5, 5.41) is 4.56. The van der Waals surface area contributed by atoms with E-state index in [9.17, 15) is 0 Å². The number of furan rings is 1. The number of rotatable bonds is 7. The molecule has 2 heteroatoms. The van der Waals surface area contributed by atoms with E-state index in [-0.39, 0.29) is 5.41 Å². The molecule has 0 radical (unpaired) electrons. The van der Waals surface area contributed by atoms with Gasteiger partial charge in [-0.3, -0.25) is 4.99 Å². The molecule has 0 unspecified atom stereocenters. The van der Waals surface area contributed by atoms with Crippen LogP contribution in [0.5, 0.6) is 0 Å². The molecular weight excluding hydrogens is 691 g/mol. The van der Waals surface area contributed by atoms with E-state index in [1.54, 1.807) is 0 Å². The summed E-state index contributed by atoms with van der Waals surface area (Å²) in [6.45, 7) is 11.3. The van der Waals surface area contributed by atoms with Crippen molar-refractivity contribution in [2.75, 3.05) is 0 Å². The number of aliphatic imine (C=N–C) groups is 1. The second-order valence-corrected chi connectivity index (χ2v) is 15.7. The topological polar surface area (TPSA) is 25.5 Å². The Labute approximate surface area is 333 Å². The van der Waals surface area contributed by atoms with Crippen LogP contribution in [-0.4, -0.2) is 5.71 Å². The summed E-state index contributed by atoms with van der Waals surface area (Å²) in [6.07, 6.45) is 2.15. The molecule has 0 atom stereocenters. The first-order valence-electron chi connectivity index (χ1n) is 19.6. The molecule has 2 nitrogen and oxygen atoms in total. The van der Waals surface area contributed by atoms with Crippen molar-refractivity contribution in [3.05, 3.63) is 216 Å². The van der Waals surface area contributed by atoms with Crippen LogP contribution in [0.1, 0.15) is 48.6 Å². The van der Waals surface area contributed by atoms with E-state index < -0.39 is 0 Å². The monoisotopic (exact) mass is 731 g/mol. The predicted molar refractivity (Wildman–Crippen MR) is 242 cm³/mol. The SMILES string of the molecule is C=C(/C=C(\N=C(C)c1ccc(-c2cccc3ccc4c5ccccc5oc4c23)cc1)c1ccc2c(c1)C(C)(C)c1ccccc1-2)c1cccc(-c2ccccc2)c1. The molecule has 0 spiro atoms. The number of nitrogens with zero attached hydrogens (tertiary/aromatic N) is 1. The van der Waals surface area contributed by atoms with Gasteiger partial charge in [0.15, 0.2) is 0 Å². The van der Waals surface area contributed by atoms with Gasteiger partial charge < -0.3 is 4.42 Å². The number of allylic oxidation sites excluding steroid dienone is 2.